The average Bonchev–Trinajstić information content (AvgIpc) is 3.20. The average molecular weight is 323 g/mol. The summed E-state index contributed by atoms with van der Waals surface area (Å²) in [5, 5.41) is 13.1. The second kappa shape index (κ2) is 6.17. The molecule has 1 atom stereocenters. The van der Waals surface area contributed by atoms with Crippen molar-refractivity contribution in [3.05, 3.63) is 48.2 Å². The normalized spacial score (nSPS) is 17.5. The molecule has 0 saturated carbocycles. The molecular weight excluding hydrogens is 302 g/mol. The number of anilines is 1. The summed E-state index contributed by atoms with van der Waals surface area (Å²) < 4.78 is 7.79. The lowest BCUT2D eigenvalue weighted by molar-refractivity contribution is 0.120. The number of benzene rings is 1. The molecule has 24 heavy (non-hydrogen) atoms. The van der Waals surface area contributed by atoms with Gasteiger partial charge in [-0.1, -0.05) is 0 Å². The number of nitrogens with zero attached hydrogens (tertiary/aromatic N) is 2. The molecule has 0 radical (unpaired) electrons. The third-order valence-electron chi connectivity index (χ3n) is 4.44. The maximum absolute atomic E-state index is 9.54. The van der Waals surface area contributed by atoms with E-state index in [2.05, 4.69) is 28.8 Å². The molecule has 1 aromatic carbocycles. The summed E-state index contributed by atoms with van der Waals surface area (Å²) >= 11 is 0. The van der Waals surface area contributed by atoms with Crippen molar-refractivity contribution < 1.29 is 9.84 Å². The van der Waals surface area contributed by atoms with E-state index in [1.54, 1.807) is 12.1 Å². The molecule has 5 nitrogen and oxygen atoms in total. The number of aromatic nitrogens is 2. The Balaban J connectivity index is 1.75. The van der Waals surface area contributed by atoms with Crippen LogP contribution >= 0.6 is 0 Å². The van der Waals surface area contributed by atoms with Crippen LogP contribution in [0.25, 0.3) is 16.9 Å². The number of phenols is 1. The van der Waals surface area contributed by atoms with Crippen LogP contribution in [0.1, 0.15) is 18.4 Å². The van der Waals surface area contributed by atoms with Crippen molar-refractivity contribution in [1.82, 2.24) is 9.38 Å². The van der Waals surface area contributed by atoms with Gasteiger partial charge in [0.15, 0.2) is 0 Å². The highest BCUT2D eigenvalue weighted by atomic mass is 16.5. The molecule has 2 N–H and O–H groups in total. The molecule has 3 aromatic rings. The van der Waals surface area contributed by atoms with Gasteiger partial charge in [0, 0.05) is 24.9 Å². The van der Waals surface area contributed by atoms with Crippen LogP contribution < -0.4 is 5.32 Å². The zero-order valence-corrected chi connectivity index (χ0v) is 13.7. The quantitative estimate of drug-likeness (QED) is 0.770. The number of aromatic hydroxyl groups is 1. The molecule has 1 aliphatic rings. The topological polar surface area (TPSA) is 58.8 Å². The lowest BCUT2D eigenvalue weighted by Crippen LogP contribution is -2.19. The highest BCUT2D eigenvalue weighted by Gasteiger charge is 2.19. The Labute approximate surface area is 140 Å². The van der Waals surface area contributed by atoms with Crippen LogP contribution in [0.5, 0.6) is 5.75 Å². The first-order chi connectivity index (χ1) is 11.7. The van der Waals surface area contributed by atoms with Crippen molar-refractivity contribution in [3.63, 3.8) is 0 Å². The molecule has 5 heteroatoms. The Morgan fingerprint density at radius 2 is 2.12 bits per heavy atom. The van der Waals surface area contributed by atoms with Gasteiger partial charge in [-0.25, -0.2) is 4.98 Å². The molecule has 4 rings (SSSR count). The molecule has 0 spiro atoms. The van der Waals surface area contributed by atoms with Gasteiger partial charge in [0.2, 0.25) is 0 Å². The van der Waals surface area contributed by atoms with Crippen LogP contribution in [0.4, 0.5) is 5.82 Å². The Hall–Kier alpha value is -2.53. The summed E-state index contributed by atoms with van der Waals surface area (Å²) in [6.07, 6.45) is 4.52. The van der Waals surface area contributed by atoms with Gasteiger partial charge in [0.05, 0.1) is 6.10 Å². The molecule has 124 valence electrons. The number of pyridine rings is 1. The van der Waals surface area contributed by atoms with Gasteiger partial charge in [0.1, 0.15) is 22.9 Å². The van der Waals surface area contributed by atoms with Crippen LogP contribution in [0.2, 0.25) is 0 Å². The van der Waals surface area contributed by atoms with Crippen LogP contribution in [0, 0.1) is 6.92 Å². The number of aryl methyl sites for hydroxylation is 1. The summed E-state index contributed by atoms with van der Waals surface area (Å²) in [6.45, 7) is 3.69. The van der Waals surface area contributed by atoms with E-state index in [-0.39, 0.29) is 11.9 Å². The molecule has 0 aliphatic carbocycles. The second-order valence-electron chi connectivity index (χ2n) is 6.30. The number of fused-ring (bicyclic) bond motifs is 1. The summed E-state index contributed by atoms with van der Waals surface area (Å²) in [4.78, 5) is 4.80. The minimum atomic E-state index is 0.257. The lowest BCUT2D eigenvalue weighted by Gasteiger charge is -2.13. The minimum absolute atomic E-state index is 0.257. The van der Waals surface area contributed by atoms with Crippen LogP contribution in [-0.2, 0) is 4.74 Å². The fourth-order valence-electron chi connectivity index (χ4n) is 3.15. The minimum Gasteiger partial charge on any atom is -0.508 e. The molecule has 0 unspecified atom stereocenters. The van der Waals surface area contributed by atoms with Crippen molar-refractivity contribution in [3.8, 4) is 17.0 Å². The van der Waals surface area contributed by atoms with E-state index in [9.17, 15) is 5.11 Å². The third-order valence-corrected chi connectivity index (χ3v) is 4.44. The summed E-state index contributed by atoms with van der Waals surface area (Å²) in [5.41, 5.74) is 3.95. The predicted octanol–water partition coefficient (Wildman–Crippen LogP) is 3.61. The van der Waals surface area contributed by atoms with Gasteiger partial charge in [-0.15, -0.1) is 0 Å². The number of rotatable bonds is 4. The molecule has 1 saturated heterocycles. The van der Waals surface area contributed by atoms with E-state index in [1.807, 2.05) is 18.3 Å². The molecule has 1 fully saturated rings. The van der Waals surface area contributed by atoms with Crippen LogP contribution in [-0.4, -0.2) is 33.7 Å². The summed E-state index contributed by atoms with van der Waals surface area (Å²) in [6, 6.07) is 11.3. The van der Waals surface area contributed by atoms with Gasteiger partial charge in [0.25, 0.3) is 0 Å². The Morgan fingerprint density at radius 1 is 1.29 bits per heavy atom. The van der Waals surface area contributed by atoms with Crippen molar-refractivity contribution in [2.24, 2.45) is 0 Å². The Kier molecular flexibility index (Phi) is 3.86. The number of phenolic OH excluding ortho intramolecular Hbond substituents is 1. The van der Waals surface area contributed by atoms with E-state index in [0.717, 1.165) is 48.7 Å². The lowest BCUT2D eigenvalue weighted by atomic mass is 10.1. The van der Waals surface area contributed by atoms with Gasteiger partial charge >= 0.3 is 0 Å². The maximum Gasteiger partial charge on any atom is 0.139 e. The number of imidazole rings is 1. The molecule has 0 amide bonds. The smallest absolute Gasteiger partial charge is 0.139 e. The van der Waals surface area contributed by atoms with E-state index >= 15 is 0 Å². The first kappa shape index (κ1) is 15.0. The van der Waals surface area contributed by atoms with Crippen LogP contribution in [0.3, 0.4) is 0 Å². The zero-order chi connectivity index (χ0) is 16.5. The van der Waals surface area contributed by atoms with Crippen LogP contribution in [0.15, 0.2) is 42.6 Å². The fourth-order valence-corrected chi connectivity index (χ4v) is 3.15. The van der Waals surface area contributed by atoms with E-state index in [0.29, 0.717) is 0 Å². The van der Waals surface area contributed by atoms with Gasteiger partial charge < -0.3 is 15.2 Å². The number of ether oxygens (including phenoxy) is 1. The van der Waals surface area contributed by atoms with Gasteiger partial charge in [-0.05, 0) is 61.7 Å². The molecule has 2 aromatic heterocycles. The van der Waals surface area contributed by atoms with Gasteiger partial charge in [-0.3, -0.25) is 4.40 Å². The van der Waals surface area contributed by atoms with Crippen molar-refractivity contribution in [2.75, 3.05) is 18.5 Å². The number of nitrogens with one attached hydrogen (secondary N) is 1. The Morgan fingerprint density at radius 3 is 2.88 bits per heavy atom. The van der Waals surface area contributed by atoms with Crippen molar-refractivity contribution in [2.45, 2.75) is 25.9 Å². The summed E-state index contributed by atoms with van der Waals surface area (Å²) in [7, 11) is 0. The fraction of sp³-hybridized carbons (Fsp3) is 0.316. The first-order valence-electron chi connectivity index (χ1n) is 8.34. The third kappa shape index (κ3) is 2.83. The number of hydrogen-bond acceptors (Lipinski definition) is 4. The monoisotopic (exact) mass is 323 g/mol. The predicted molar refractivity (Wildman–Crippen MR) is 94.5 cm³/mol. The van der Waals surface area contributed by atoms with E-state index < -0.39 is 0 Å². The second-order valence-corrected chi connectivity index (χ2v) is 6.30. The summed E-state index contributed by atoms with van der Waals surface area (Å²) in [5.74, 6) is 1.22. The zero-order valence-electron chi connectivity index (χ0n) is 13.7. The molecular formula is C19H21N3O2. The SMILES string of the molecule is Cc1ccn2c(NC[C@H]3CCCO3)c(-c3ccc(O)cc3)nc2c1. The van der Waals surface area contributed by atoms with Gasteiger partial charge in [-0.2, -0.15) is 0 Å². The first-order valence-corrected chi connectivity index (χ1v) is 8.34. The molecule has 1 aliphatic heterocycles. The van der Waals surface area contributed by atoms with Crippen molar-refractivity contribution in [1.29, 1.82) is 0 Å². The molecule has 3 heterocycles. The molecule has 0 bridgehead atoms. The van der Waals surface area contributed by atoms with Crippen molar-refractivity contribution >= 4 is 11.5 Å². The maximum atomic E-state index is 9.54. The Bertz CT molecular complexity index is 849. The highest BCUT2D eigenvalue weighted by molar-refractivity contribution is 5.77. The largest absolute Gasteiger partial charge is 0.508 e. The number of hydrogen-bond donors (Lipinski definition) is 2. The van der Waals surface area contributed by atoms with E-state index in [4.69, 9.17) is 9.72 Å². The highest BCUT2D eigenvalue weighted by Crippen LogP contribution is 2.30. The van der Waals surface area contributed by atoms with E-state index in [1.165, 1.54) is 5.56 Å². The standard InChI is InChI=1S/C19H21N3O2/c1-13-8-9-22-17(11-13)21-18(14-4-6-15(23)7-5-14)19(22)20-12-16-3-2-10-24-16/h4-9,11,16,20,23H,2-3,10,12H2,1H3/t16-/m1/s1.